The molecule has 1 aliphatic heterocycles. The van der Waals surface area contributed by atoms with Crippen molar-refractivity contribution in [3.63, 3.8) is 0 Å². The van der Waals surface area contributed by atoms with Crippen LogP contribution in [0.1, 0.15) is 23.8 Å². The number of ether oxygens (including phenoxy) is 1. The smallest absolute Gasteiger partial charge is 0.324 e. The van der Waals surface area contributed by atoms with Gasteiger partial charge in [0.05, 0.1) is 24.1 Å². The van der Waals surface area contributed by atoms with Gasteiger partial charge in [0.2, 0.25) is 5.95 Å². The zero-order valence-electron chi connectivity index (χ0n) is 12.8. The van der Waals surface area contributed by atoms with Crippen molar-refractivity contribution < 1.29 is 22.7 Å². The summed E-state index contributed by atoms with van der Waals surface area (Å²) in [5.41, 5.74) is -1.27. The number of rotatable bonds is 3. The number of benzene rings is 1. The van der Waals surface area contributed by atoms with Crippen molar-refractivity contribution in [2.24, 2.45) is 0 Å². The minimum atomic E-state index is -3.14. The Labute approximate surface area is 134 Å². The van der Waals surface area contributed by atoms with Gasteiger partial charge in [0.1, 0.15) is 5.82 Å². The molecule has 128 valence electrons. The molecule has 0 aliphatic carbocycles. The number of morpholine rings is 1. The van der Waals surface area contributed by atoms with Gasteiger partial charge >= 0.3 is 6.55 Å². The van der Waals surface area contributed by atoms with Gasteiger partial charge in [-0.15, -0.1) is 0 Å². The predicted octanol–water partition coefficient (Wildman–Crippen LogP) is 1.97. The van der Waals surface area contributed by atoms with Crippen LogP contribution in [0.2, 0.25) is 0 Å². The molecule has 0 bridgehead atoms. The molecule has 2 heterocycles. The van der Waals surface area contributed by atoms with Crippen molar-refractivity contribution in [2.45, 2.75) is 13.5 Å². The summed E-state index contributed by atoms with van der Waals surface area (Å²) < 4.78 is 45.9. The van der Waals surface area contributed by atoms with Gasteiger partial charge in [0.15, 0.2) is 5.78 Å². The van der Waals surface area contributed by atoms with Crippen LogP contribution in [0.4, 0.5) is 19.1 Å². The van der Waals surface area contributed by atoms with E-state index >= 15 is 0 Å². The van der Waals surface area contributed by atoms with E-state index in [1.165, 1.54) is 11.8 Å². The molecule has 24 heavy (non-hydrogen) atoms. The number of ketones is 1. The molecular formula is C15H14F3N3O3. The van der Waals surface area contributed by atoms with Crippen LogP contribution in [0, 0.1) is 5.82 Å². The van der Waals surface area contributed by atoms with Gasteiger partial charge in [0, 0.05) is 18.7 Å². The molecule has 0 unspecified atom stereocenters. The first kappa shape index (κ1) is 16.4. The zero-order valence-corrected chi connectivity index (χ0v) is 12.8. The Morgan fingerprint density at radius 1 is 1.29 bits per heavy atom. The van der Waals surface area contributed by atoms with E-state index in [0.717, 1.165) is 12.1 Å². The van der Waals surface area contributed by atoms with Crippen LogP contribution >= 0.6 is 0 Å². The number of carbonyl (C=O) groups is 1. The van der Waals surface area contributed by atoms with Gasteiger partial charge in [-0.1, -0.05) is 0 Å². The van der Waals surface area contributed by atoms with Gasteiger partial charge in [0.25, 0.3) is 5.56 Å². The Morgan fingerprint density at radius 3 is 2.54 bits per heavy atom. The largest absolute Gasteiger partial charge is 0.378 e. The summed E-state index contributed by atoms with van der Waals surface area (Å²) in [5.74, 6) is -1.61. The topological polar surface area (TPSA) is 64.4 Å². The number of carbonyl (C=O) groups excluding carboxylic acids is 1. The molecule has 2 aromatic rings. The second-order valence-electron chi connectivity index (χ2n) is 5.37. The Hall–Kier alpha value is -2.42. The minimum Gasteiger partial charge on any atom is -0.378 e. The molecule has 1 aromatic carbocycles. The summed E-state index contributed by atoms with van der Waals surface area (Å²) in [6.07, 6.45) is 0. The molecule has 0 spiro atoms. The standard InChI is InChI=1S/C15H14F3N3O3/c1-8(22)10-6-9(16)7-11-12(10)19-15(20-2-4-24-5-3-20)21(13(11)23)14(17)18/h6-7,14H,2-5H2,1H3. The van der Waals surface area contributed by atoms with E-state index in [2.05, 4.69) is 4.98 Å². The average Bonchev–Trinajstić information content (AvgIpc) is 2.55. The van der Waals surface area contributed by atoms with E-state index in [9.17, 15) is 22.8 Å². The molecule has 0 amide bonds. The highest BCUT2D eigenvalue weighted by Crippen LogP contribution is 2.24. The van der Waals surface area contributed by atoms with Gasteiger partial charge in [-0.25, -0.2) is 13.9 Å². The van der Waals surface area contributed by atoms with Crippen LogP contribution < -0.4 is 10.5 Å². The second-order valence-corrected chi connectivity index (χ2v) is 5.37. The van der Waals surface area contributed by atoms with Crippen molar-refractivity contribution in [3.05, 3.63) is 33.9 Å². The molecule has 1 saturated heterocycles. The highest BCUT2D eigenvalue weighted by atomic mass is 19.3. The van der Waals surface area contributed by atoms with Crippen LogP contribution in [-0.4, -0.2) is 41.6 Å². The van der Waals surface area contributed by atoms with Crippen LogP contribution in [-0.2, 0) is 4.74 Å². The lowest BCUT2D eigenvalue weighted by Crippen LogP contribution is -2.41. The number of fused-ring (bicyclic) bond motifs is 1. The SMILES string of the molecule is CC(=O)c1cc(F)cc2c(=O)n(C(F)F)c(N3CCOCC3)nc12. The van der Waals surface area contributed by atoms with Crippen molar-refractivity contribution in [1.29, 1.82) is 0 Å². The number of aromatic nitrogens is 2. The first-order chi connectivity index (χ1) is 11.4. The molecule has 1 fully saturated rings. The normalized spacial score (nSPS) is 15.3. The highest BCUT2D eigenvalue weighted by molar-refractivity contribution is 6.05. The summed E-state index contributed by atoms with van der Waals surface area (Å²) in [5, 5.41) is -0.350. The third-order valence-electron chi connectivity index (χ3n) is 3.82. The summed E-state index contributed by atoms with van der Waals surface area (Å²) in [6, 6.07) is 1.77. The van der Waals surface area contributed by atoms with Gasteiger partial charge in [-0.2, -0.15) is 8.78 Å². The quantitative estimate of drug-likeness (QED) is 0.799. The third-order valence-corrected chi connectivity index (χ3v) is 3.82. The maximum Gasteiger partial charge on any atom is 0.324 e. The number of halogens is 3. The lowest BCUT2D eigenvalue weighted by atomic mass is 10.1. The highest BCUT2D eigenvalue weighted by Gasteiger charge is 2.25. The average molecular weight is 341 g/mol. The van der Waals surface area contributed by atoms with Crippen molar-refractivity contribution in [3.8, 4) is 0 Å². The molecular weight excluding hydrogens is 327 g/mol. The predicted molar refractivity (Wildman–Crippen MR) is 80.3 cm³/mol. The molecule has 3 rings (SSSR count). The van der Waals surface area contributed by atoms with Crippen LogP contribution in [0.5, 0.6) is 0 Å². The van der Waals surface area contributed by atoms with E-state index in [0.29, 0.717) is 13.2 Å². The molecule has 9 heteroatoms. The summed E-state index contributed by atoms with van der Waals surface area (Å²) in [4.78, 5) is 29.8. The molecule has 0 saturated carbocycles. The summed E-state index contributed by atoms with van der Waals surface area (Å²) >= 11 is 0. The first-order valence-electron chi connectivity index (χ1n) is 7.27. The monoisotopic (exact) mass is 341 g/mol. The number of hydrogen-bond donors (Lipinski definition) is 0. The maximum absolute atomic E-state index is 13.7. The number of anilines is 1. The second kappa shape index (κ2) is 6.23. The minimum absolute atomic E-state index is 0.0766. The molecule has 0 radical (unpaired) electrons. The maximum atomic E-state index is 13.7. The molecule has 0 atom stereocenters. The fourth-order valence-electron chi connectivity index (χ4n) is 2.69. The Bertz CT molecular complexity index is 860. The van der Waals surface area contributed by atoms with E-state index < -0.39 is 23.7 Å². The van der Waals surface area contributed by atoms with Crippen molar-refractivity contribution in [1.82, 2.24) is 9.55 Å². The summed E-state index contributed by atoms with van der Waals surface area (Å²) in [7, 11) is 0. The Kier molecular flexibility index (Phi) is 4.27. The molecule has 6 nitrogen and oxygen atoms in total. The van der Waals surface area contributed by atoms with Crippen LogP contribution in [0.3, 0.4) is 0 Å². The Balaban J connectivity index is 2.35. The van der Waals surface area contributed by atoms with Gasteiger partial charge < -0.3 is 9.64 Å². The van der Waals surface area contributed by atoms with E-state index in [-0.39, 0.29) is 40.1 Å². The van der Waals surface area contributed by atoms with Gasteiger partial charge in [-0.3, -0.25) is 9.59 Å². The van der Waals surface area contributed by atoms with Gasteiger partial charge in [-0.05, 0) is 19.1 Å². The Morgan fingerprint density at radius 2 is 1.96 bits per heavy atom. The molecule has 1 aliphatic rings. The number of alkyl halides is 2. The van der Waals surface area contributed by atoms with Crippen LogP contribution in [0.25, 0.3) is 10.9 Å². The number of hydrogen-bond acceptors (Lipinski definition) is 5. The van der Waals surface area contributed by atoms with E-state index in [1.54, 1.807) is 0 Å². The third kappa shape index (κ3) is 2.75. The van der Waals surface area contributed by atoms with Crippen LogP contribution in [0.15, 0.2) is 16.9 Å². The molecule has 1 aromatic heterocycles. The summed E-state index contributed by atoms with van der Waals surface area (Å²) in [6.45, 7) is -0.776. The van der Waals surface area contributed by atoms with E-state index in [1.807, 2.05) is 0 Å². The lowest BCUT2D eigenvalue weighted by molar-refractivity contribution is 0.0649. The van der Waals surface area contributed by atoms with Crippen molar-refractivity contribution in [2.75, 3.05) is 31.2 Å². The number of Topliss-reactive ketones (excluding diaryl/α,β-unsaturated/α-hetero) is 1. The van der Waals surface area contributed by atoms with Crippen molar-refractivity contribution >= 4 is 22.6 Å². The fraction of sp³-hybridized carbons (Fsp3) is 0.400. The van der Waals surface area contributed by atoms with E-state index in [4.69, 9.17) is 4.74 Å². The molecule has 0 N–H and O–H groups in total. The first-order valence-corrected chi connectivity index (χ1v) is 7.27. The fourth-order valence-corrected chi connectivity index (χ4v) is 2.69. The zero-order chi connectivity index (χ0) is 17.4. The number of nitrogens with zero attached hydrogens (tertiary/aromatic N) is 3. The lowest BCUT2D eigenvalue weighted by Gasteiger charge is -2.29.